The van der Waals surface area contributed by atoms with Crippen molar-refractivity contribution < 1.29 is 4.79 Å². The summed E-state index contributed by atoms with van der Waals surface area (Å²) in [4.78, 5) is 40.8. The predicted molar refractivity (Wildman–Crippen MR) is 99.4 cm³/mol. The number of hydrogen-bond donors (Lipinski definition) is 1. The number of pyridine rings is 1. The summed E-state index contributed by atoms with van der Waals surface area (Å²) in [6.45, 7) is 0. The van der Waals surface area contributed by atoms with Gasteiger partial charge in [-0.2, -0.15) is 11.3 Å². The van der Waals surface area contributed by atoms with E-state index in [1.165, 1.54) is 24.7 Å². The van der Waals surface area contributed by atoms with E-state index in [4.69, 9.17) is 0 Å². The molecule has 26 heavy (non-hydrogen) atoms. The molecule has 0 aliphatic rings. The molecule has 3 heterocycles. The van der Waals surface area contributed by atoms with Gasteiger partial charge in [-0.1, -0.05) is 6.07 Å². The first kappa shape index (κ1) is 17.8. The van der Waals surface area contributed by atoms with E-state index in [1.54, 1.807) is 29.8 Å². The van der Waals surface area contributed by atoms with E-state index in [0.717, 1.165) is 15.7 Å². The fourth-order valence-electron chi connectivity index (χ4n) is 2.66. The maximum absolute atomic E-state index is 12.8. The van der Waals surface area contributed by atoms with Crippen LogP contribution in [0.3, 0.4) is 0 Å². The van der Waals surface area contributed by atoms with Crippen molar-refractivity contribution in [3.05, 3.63) is 85.1 Å². The lowest BCUT2D eigenvalue weighted by Crippen LogP contribution is -2.42. The molecule has 3 aromatic rings. The zero-order chi connectivity index (χ0) is 18.7. The van der Waals surface area contributed by atoms with Crippen LogP contribution >= 0.6 is 11.3 Å². The summed E-state index contributed by atoms with van der Waals surface area (Å²) in [6, 6.07) is 6.52. The van der Waals surface area contributed by atoms with Crippen LogP contribution in [-0.4, -0.2) is 20.0 Å². The first-order chi connectivity index (χ1) is 12.5. The topological polar surface area (TPSA) is 86.0 Å². The third-order valence-electron chi connectivity index (χ3n) is 4.17. The Morgan fingerprint density at radius 1 is 1.27 bits per heavy atom. The molecule has 0 aromatic carbocycles. The summed E-state index contributed by atoms with van der Waals surface area (Å²) in [5.41, 5.74) is 0.896. The van der Waals surface area contributed by atoms with Crippen molar-refractivity contribution in [3.8, 4) is 0 Å². The highest BCUT2D eigenvalue weighted by molar-refractivity contribution is 7.07. The van der Waals surface area contributed by atoms with Gasteiger partial charge in [-0.15, -0.1) is 0 Å². The molecule has 0 bridgehead atoms. The molecule has 0 unspecified atom stereocenters. The minimum absolute atomic E-state index is 0.0253. The maximum atomic E-state index is 12.8. The molecular formula is C18H18N4O3S. The Balaban J connectivity index is 1.93. The number of rotatable bonds is 5. The summed E-state index contributed by atoms with van der Waals surface area (Å²) < 4.78 is 2.13. The van der Waals surface area contributed by atoms with Crippen molar-refractivity contribution in [2.45, 2.75) is 12.5 Å². The Labute approximate surface area is 153 Å². The number of nitrogens with zero attached hydrogens (tertiary/aromatic N) is 3. The van der Waals surface area contributed by atoms with Crippen LogP contribution in [0.15, 0.2) is 57.0 Å². The lowest BCUT2D eigenvalue weighted by atomic mass is 10.0. The molecule has 3 aromatic heterocycles. The normalized spacial score (nSPS) is 11.9. The third kappa shape index (κ3) is 3.65. The summed E-state index contributed by atoms with van der Waals surface area (Å²) in [5.74, 6) is -0.480. The SMILES string of the molecule is Cn1c(C(=O)N[C@@H](Cc2ccsc2)c2cccnc2)cc(=O)n(C)c1=O. The molecule has 0 saturated carbocycles. The van der Waals surface area contributed by atoms with Crippen molar-refractivity contribution in [1.82, 2.24) is 19.4 Å². The first-order valence-corrected chi connectivity index (χ1v) is 8.90. The van der Waals surface area contributed by atoms with Gasteiger partial charge in [0.1, 0.15) is 5.69 Å². The number of hydrogen-bond acceptors (Lipinski definition) is 5. The fourth-order valence-corrected chi connectivity index (χ4v) is 3.34. The van der Waals surface area contributed by atoms with Crippen LogP contribution in [0.5, 0.6) is 0 Å². The summed E-state index contributed by atoms with van der Waals surface area (Å²) in [6.07, 6.45) is 3.94. The van der Waals surface area contributed by atoms with Gasteiger partial charge < -0.3 is 5.32 Å². The minimum atomic E-state index is -0.543. The van der Waals surface area contributed by atoms with Gasteiger partial charge in [-0.05, 0) is 40.4 Å². The lowest BCUT2D eigenvalue weighted by Gasteiger charge is -2.19. The van der Waals surface area contributed by atoms with E-state index in [-0.39, 0.29) is 11.7 Å². The van der Waals surface area contributed by atoms with Crippen LogP contribution in [0.1, 0.15) is 27.7 Å². The Morgan fingerprint density at radius 3 is 2.73 bits per heavy atom. The van der Waals surface area contributed by atoms with Gasteiger partial charge in [0.2, 0.25) is 0 Å². The van der Waals surface area contributed by atoms with Crippen LogP contribution in [-0.2, 0) is 20.5 Å². The van der Waals surface area contributed by atoms with Crippen molar-refractivity contribution in [2.24, 2.45) is 14.1 Å². The quantitative estimate of drug-likeness (QED) is 0.732. The second-order valence-corrected chi connectivity index (χ2v) is 6.70. The van der Waals surface area contributed by atoms with Crippen LogP contribution in [0, 0.1) is 0 Å². The standard InChI is InChI=1S/C18H18N4O3S/c1-21-15(9-16(23)22(2)18(21)25)17(24)20-14(8-12-5-7-26-11-12)13-4-3-6-19-10-13/h3-7,9-11,14H,8H2,1-2H3,(H,20,24)/t14-/m0/s1. The Kier molecular flexibility index (Phi) is 5.13. The third-order valence-corrected chi connectivity index (χ3v) is 4.90. The van der Waals surface area contributed by atoms with Crippen molar-refractivity contribution >= 4 is 17.2 Å². The molecule has 0 aliphatic heterocycles. The van der Waals surface area contributed by atoms with Crippen molar-refractivity contribution in [1.29, 1.82) is 0 Å². The van der Waals surface area contributed by atoms with Gasteiger partial charge >= 0.3 is 5.69 Å². The average molecular weight is 370 g/mol. The monoisotopic (exact) mass is 370 g/mol. The number of aromatic nitrogens is 3. The van der Waals surface area contributed by atoms with Gasteiger partial charge in [-0.3, -0.25) is 23.7 Å². The molecular weight excluding hydrogens is 352 g/mol. The number of thiophene rings is 1. The Bertz CT molecular complexity index is 1020. The molecule has 0 aliphatic carbocycles. The molecule has 7 nitrogen and oxygen atoms in total. The second kappa shape index (κ2) is 7.49. The molecule has 134 valence electrons. The highest BCUT2D eigenvalue weighted by Gasteiger charge is 2.20. The van der Waals surface area contributed by atoms with Gasteiger partial charge in [0.15, 0.2) is 0 Å². The number of carbonyl (C=O) groups excluding carboxylic acids is 1. The number of carbonyl (C=O) groups is 1. The van der Waals surface area contributed by atoms with E-state index in [1.807, 2.05) is 22.9 Å². The van der Waals surface area contributed by atoms with E-state index in [2.05, 4.69) is 10.3 Å². The zero-order valence-corrected chi connectivity index (χ0v) is 15.2. The summed E-state index contributed by atoms with van der Waals surface area (Å²) in [5, 5.41) is 6.91. The van der Waals surface area contributed by atoms with E-state index >= 15 is 0 Å². The average Bonchev–Trinajstić information content (AvgIpc) is 3.16. The zero-order valence-electron chi connectivity index (χ0n) is 14.4. The van der Waals surface area contributed by atoms with Crippen LogP contribution in [0.2, 0.25) is 0 Å². The van der Waals surface area contributed by atoms with Crippen LogP contribution < -0.4 is 16.6 Å². The Morgan fingerprint density at radius 2 is 2.08 bits per heavy atom. The van der Waals surface area contributed by atoms with Gasteiger partial charge in [-0.25, -0.2) is 4.79 Å². The van der Waals surface area contributed by atoms with Crippen molar-refractivity contribution in [2.75, 3.05) is 0 Å². The van der Waals surface area contributed by atoms with Crippen LogP contribution in [0.25, 0.3) is 0 Å². The Hall–Kier alpha value is -3.00. The number of amides is 1. The molecule has 0 spiro atoms. The summed E-state index contributed by atoms with van der Waals surface area (Å²) in [7, 11) is 2.84. The molecule has 0 radical (unpaired) electrons. The lowest BCUT2D eigenvalue weighted by molar-refractivity contribution is 0.0926. The molecule has 1 N–H and O–H groups in total. The van der Waals surface area contributed by atoms with E-state index < -0.39 is 17.2 Å². The molecule has 1 atom stereocenters. The highest BCUT2D eigenvalue weighted by Crippen LogP contribution is 2.19. The van der Waals surface area contributed by atoms with E-state index in [9.17, 15) is 14.4 Å². The van der Waals surface area contributed by atoms with Crippen LogP contribution in [0.4, 0.5) is 0 Å². The number of nitrogens with one attached hydrogen (secondary N) is 1. The molecule has 0 saturated heterocycles. The minimum Gasteiger partial charge on any atom is -0.344 e. The summed E-state index contributed by atoms with van der Waals surface area (Å²) >= 11 is 1.58. The van der Waals surface area contributed by atoms with Gasteiger partial charge in [0.25, 0.3) is 11.5 Å². The highest BCUT2D eigenvalue weighted by atomic mass is 32.1. The van der Waals surface area contributed by atoms with Crippen molar-refractivity contribution in [3.63, 3.8) is 0 Å². The fraction of sp³-hybridized carbons (Fsp3) is 0.222. The predicted octanol–water partition coefficient (Wildman–Crippen LogP) is 1.25. The largest absolute Gasteiger partial charge is 0.344 e. The molecule has 8 heteroatoms. The molecule has 0 fully saturated rings. The molecule has 3 rings (SSSR count). The maximum Gasteiger partial charge on any atom is 0.331 e. The van der Waals surface area contributed by atoms with Gasteiger partial charge in [0, 0.05) is 32.6 Å². The van der Waals surface area contributed by atoms with Gasteiger partial charge in [0.05, 0.1) is 6.04 Å². The second-order valence-electron chi connectivity index (χ2n) is 5.92. The van der Waals surface area contributed by atoms with E-state index in [0.29, 0.717) is 6.42 Å². The first-order valence-electron chi connectivity index (χ1n) is 7.96. The smallest absolute Gasteiger partial charge is 0.331 e. The molecule has 1 amide bonds.